The highest BCUT2D eigenvalue weighted by Crippen LogP contribution is 2.33. The summed E-state index contributed by atoms with van der Waals surface area (Å²) in [7, 11) is 0. The largest absolute Gasteiger partial charge is 0.334 e. The Hall–Kier alpha value is -2.30. The number of likely N-dealkylation sites (tertiary alicyclic amines) is 1. The predicted octanol–water partition coefficient (Wildman–Crippen LogP) is 4.01. The lowest BCUT2D eigenvalue weighted by Crippen LogP contribution is -2.42. The fourth-order valence-corrected chi connectivity index (χ4v) is 3.71. The molecule has 132 valence electrons. The van der Waals surface area contributed by atoms with E-state index in [2.05, 4.69) is 21.1 Å². The minimum atomic E-state index is -0.00407. The van der Waals surface area contributed by atoms with Gasteiger partial charge < -0.3 is 14.8 Å². The summed E-state index contributed by atoms with van der Waals surface area (Å²) in [5, 5.41) is 3.03. The van der Waals surface area contributed by atoms with Crippen LogP contribution >= 0.6 is 0 Å². The Bertz CT molecular complexity index is 750. The molecule has 0 radical (unpaired) electrons. The number of aromatic nitrogens is 2. The van der Waals surface area contributed by atoms with Crippen LogP contribution in [0.2, 0.25) is 0 Å². The van der Waals surface area contributed by atoms with Gasteiger partial charge in [-0.25, -0.2) is 9.78 Å². The number of aryl methyl sites for hydroxylation is 1. The van der Waals surface area contributed by atoms with Gasteiger partial charge in [-0.05, 0) is 56.2 Å². The van der Waals surface area contributed by atoms with Crippen LogP contribution in [0.5, 0.6) is 0 Å². The summed E-state index contributed by atoms with van der Waals surface area (Å²) in [4.78, 5) is 19.2. The second kappa shape index (κ2) is 6.90. The number of nitrogens with zero attached hydrogens (tertiary/aromatic N) is 3. The summed E-state index contributed by atoms with van der Waals surface area (Å²) < 4.78 is 2.31. The molecule has 2 aromatic rings. The maximum Gasteiger partial charge on any atom is 0.321 e. The molecule has 1 atom stereocenters. The van der Waals surface area contributed by atoms with E-state index < -0.39 is 0 Å². The average molecular weight is 338 g/mol. The Morgan fingerprint density at radius 3 is 3.00 bits per heavy atom. The van der Waals surface area contributed by atoms with Crippen LogP contribution in [0, 0.1) is 12.8 Å². The van der Waals surface area contributed by atoms with Crippen molar-refractivity contribution in [2.75, 3.05) is 18.4 Å². The van der Waals surface area contributed by atoms with Gasteiger partial charge in [0, 0.05) is 43.6 Å². The van der Waals surface area contributed by atoms with Crippen molar-refractivity contribution in [1.29, 1.82) is 0 Å². The fraction of sp³-hybridized carbons (Fsp3) is 0.500. The van der Waals surface area contributed by atoms with Gasteiger partial charge in [-0.3, -0.25) is 0 Å². The standard InChI is InChI=1S/C20H26N4O/c1-15-4-2-6-18(12-15)22-20(25)24-10-3-5-17(14-24)19-21-9-11-23(19)13-16-7-8-16/h2,4,6,9,11-12,16-17H,3,5,7-8,10,13-14H2,1H3,(H,22,25)/t17-/m0/s1. The third-order valence-electron chi connectivity index (χ3n) is 5.24. The number of piperidine rings is 1. The van der Waals surface area contributed by atoms with Crippen LogP contribution in [0.15, 0.2) is 36.7 Å². The van der Waals surface area contributed by atoms with Crippen molar-refractivity contribution in [2.24, 2.45) is 5.92 Å². The van der Waals surface area contributed by atoms with Crippen molar-refractivity contribution in [1.82, 2.24) is 14.5 Å². The zero-order valence-electron chi connectivity index (χ0n) is 14.8. The monoisotopic (exact) mass is 338 g/mol. The van der Waals surface area contributed by atoms with E-state index in [-0.39, 0.29) is 6.03 Å². The van der Waals surface area contributed by atoms with E-state index in [0.29, 0.717) is 5.92 Å². The lowest BCUT2D eigenvalue weighted by Gasteiger charge is -2.32. The van der Waals surface area contributed by atoms with Crippen molar-refractivity contribution < 1.29 is 4.79 Å². The SMILES string of the molecule is Cc1cccc(NC(=O)N2CCC[C@H](c3nccn3CC3CC3)C2)c1. The number of urea groups is 1. The second-order valence-corrected chi connectivity index (χ2v) is 7.47. The molecular formula is C20H26N4O. The molecule has 1 saturated heterocycles. The first-order valence-corrected chi connectivity index (χ1v) is 9.32. The number of anilines is 1. The summed E-state index contributed by atoms with van der Waals surface area (Å²) in [6.45, 7) is 4.68. The van der Waals surface area contributed by atoms with Crippen LogP contribution in [-0.2, 0) is 6.54 Å². The normalized spacial score (nSPS) is 20.5. The molecule has 1 aromatic carbocycles. The molecule has 4 rings (SSSR count). The number of carbonyl (C=O) groups is 1. The van der Waals surface area contributed by atoms with E-state index in [9.17, 15) is 4.79 Å². The Balaban J connectivity index is 1.42. The fourth-order valence-electron chi connectivity index (χ4n) is 3.71. The number of benzene rings is 1. The number of nitrogens with one attached hydrogen (secondary N) is 1. The average Bonchev–Trinajstić information content (AvgIpc) is 3.30. The Labute approximate surface area is 149 Å². The van der Waals surface area contributed by atoms with Gasteiger partial charge in [-0.15, -0.1) is 0 Å². The third-order valence-corrected chi connectivity index (χ3v) is 5.24. The first kappa shape index (κ1) is 16.2. The molecule has 2 heterocycles. The zero-order chi connectivity index (χ0) is 17.2. The summed E-state index contributed by atoms with van der Waals surface area (Å²) in [6.07, 6.45) is 8.82. The minimum absolute atomic E-state index is 0.00407. The van der Waals surface area contributed by atoms with Gasteiger partial charge in [0.2, 0.25) is 0 Å². The smallest absolute Gasteiger partial charge is 0.321 e. The molecule has 0 spiro atoms. The third kappa shape index (κ3) is 3.86. The number of carbonyl (C=O) groups excluding carboxylic acids is 1. The van der Waals surface area contributed by atoms with Crippen molar-refractivity contribution in [2.45, 2.75) is 45.1 Å². The second-order valence-electron chi connectivity index (χ2n) is 7.47. The Morgan fingerprint density at radius 2 is 2.20 bits per heavy atom. The number of hydrogen-bond donors (Lipinski definition) is 1. The number of hydrogen-bond acceptors (Lipinski definition) is 2. The van der Waals surface area contributed by atoms with Crippen LogP contribution < -0.4 is 5.32 Å². The molecule has 5 nitrogen and oxygen atoms in total. The molecule has 2 fully saturated rings. The van der Waals surface area contributed by atoms with Crippen LogP contribution in [0.1, 0.15) is 43.0 Å². The van der Waals surface area contributed by atoms with Crippen molar-refractivity contribution in [3.63, 3.8) is 0 Å². The minimum Gasteiger partial charge on any atom is -0.334 e. The maximum absolute atomic E-state index is 12.7. The van der Waals surface area contributed by atoms with E-state index in [1.165, 1.54) is 12.8 Å². The van der Waals surface area contributed by atoms with Crippen LogP contribution in [0.4, 0.5) is 10.5 Å². The molecule has 1 aliphatic carbocycles. The molecule has 2 amide bonds. The molecule has 0 bridgehead atoms. The molecule has 1 aromatic heterocycles. The van der Waals surface area contributed by atoms with E-state index in [4.69, 9.17) is 0 Å². The Kier molecular flexibility index (Phi) is 4.47. The van der Waals surface area contributed by atoms with E-state index >= 15 is 0 Å². The first-order valence-electron chi connectivity index (χ1n) is 9.32. The molecule has 2 aliphatic rings. The first-order chi connectivity index (χ1) is 12.2. The van der Waals surface area contributed by atoms with Gasteiger partial charge in [0.05, 0.1) is 0 Å². The van der Waals surface area contributed by atoms with Gasteiger partial charge >= 0.3 is 6.03 Å². The summed E-state index contributed by atoms with van der Waals surface area (Å²) in [5.74, 6) is 2.32. The van der Waals surface area contributed by atoms with Crippen molar-refractivity contribution in [3.05, 3.63) is 48.0 Å². The highest BCUT2D eigenvalue weighted by molar-refractivity contribution is 5.89. The van der Waals surface area contributed by atoms with Crippen molar-refractivity contribution in [3.8, 4) is 0 Å². The van der Waals surface area contributed by atoms with Gasteiger partial charge in [-0.1, -0.05) is 12.1 Å². The van der Waals surface area contributed by atoms with Gasteiger partial charge in [0.15, 0.2) is 0 Å². The predicted molar refractivity (Wildman–Crippen MR) is 98.7 cm³/mol. The number of imidazole rings is 1. The molecule has 1 saturated carbocycles. The van der Waals surface area contributed by atoms with Gasteiger partial charge in [-0.2, -0.15) is 0 Å². The Morgan fingerprint density at radius 1 is 1.32 bits per heavy atom. The van der Waals surface area contributed by atoms with Crippen LogP contribution in [-0.4, -0.2) is 33.6 Å². The number of rotatable bonds is 4. The molecular weight excluding hydrogens is 312 g/mol. The zero-order valence-corrected chi connectivity index (χ0v) is 14.8. The molecule has 5 heteroatoms. The van der Waals surface area contributed by atoms with E-state index in [0.717, 1.165) is 55.5 Å². The van der Waals surface area contributed by atoms with Crippen LogP contribution in [0.3, 0.4) is 0 Å². The highest BCUT2D eigenvalue weighted by Gasteiger charge is 2.29. The van der Waals surface area contributed by atoms with Gasteiger partial charge in [0.1, 0.15) is 5.82 Å². The molecule has 1 aliphatic heterocycles. The topological polar surface area (TPSA) is 50.2 Å². The van der Waals surface area contributed by atoms with Crippen molar-refractivity contribution >= 4 is 11.7 Å². The quantitative estimate of drug-likeness (QED) is 0.915. The lowest BCUT2D eigenvalue weighted by molar-refractivity contribution is 0.190. The number of amides is 2. The van der Waals surface area contributed by atoms with Crippen LogP contribution in [0.25, 0.3) is 0 Å². The highest BCUT2D eigenvalue weighted by atomic mass is 16.2. The molecule has 0 unspecified atom stereocenters. The summed E-state index contributed by atoms with van der Waals surface area (Å²) >= 11 is 0. The molecule has 25 heavy (non-hydrogen) atoms. The summed E-state index contributed by atoms with van der Waals surface area (Å²) in [5.41, 5.74) is 2.01. The van der Waals surface area contributed by atoms with E-state index in [1.807, 2.05) is 42.3 Å². The maximum atomic E-state index is 12.7. The molecule has 1 N–H and O–H groups in total. The van der Waals surface area contributed by atoms with Gasteiger partial charge in [0.25, 0.3) is 0 Å². The lowest BCUT2D eigenvalue weighted by atomic mass is 9.97. The van der Waals surface area contributed by atoms with E-state index in [1.54, 1.807) is 0 Å². The summed E-state index contributed by atoms with van der Waals surface area (Å²) in [6, 6.07) is 7.94.